The van der Waals surface area contributed by atoms with Crippen molar-refractivity contribution in [3.63, 3.8) is 0 Å². The molecule has 3 aromatic heterocycles. The Balaban J connectivity index is 0.806. The van der Waals surface area contributed by atoms with Gasteiger partial charge in [-0.05, 0) is 87.6 Å². The zero-order chi connectivity index (χ0) is 42.7. The van der Waals surface area contributed by atoms with E-state index in [9.17, 15) is 19.2 Å². The number of likely N-dealkylation sites (tertiary alicyclic amines) is 1. The highest BCUT2D eigenvalue weighted by Gasteiger charge is 2.31. The molecule has 322 valence electrons. The second-order valence-corrected chi connectivity index (χ2v) is 16.8. The lowest BCUT2D eigenvalue weighted by molar-refractivity contribution is 0.0930. The zero-order valence-electron chi connectivity index (χ0n) is 34.7. The van der Waals surface area contributed by atoms with Gasteiger partial charge in [0.15, 0.2) is 5.65 Å². The molecule has 0 spiro atoms. The molecule has 4 aliphatic heterocycles. The van der Waals surface area contributed by atoms with Crippen molar-refractivity contribution < 1.29 is 28.3 Å². The molecule has 3 N–H and O–H groups in total. The van der Waals surface area contributed by atoms with Gasteiger partial charge in [0.25, 0.3) is 11.8 Å². The van der Waals surface area contributed by atoms with Crippen molar-refractivity contribution in [2.24, 2.45) is 5.92 Å². The maximum Gasteiger partial charge on any atom is 0.259 e. The van der Waals surface area contributed by atoms with E-state index in [2.05, 4.69) is 63.9 Å². The normalized spacial score (nSPS) is 19.3. The molecular weight excluding hydrogens is 794 g/mol. The van der Waals surface area contributed by atoms with E-state index in [1.807, 2.05) is 12.3 Å². The molecular formula is C45H50FN11O5. The van der Waals surface area contributed by atoms with Crippen LogP contribution in [0.15, 0.2) is 66.5 Å². The molecule has 0 aliphatic carbocycles. The number of ether oxygens (including phenoxy) is 1. The molecule has 9 rings (SSSR count). The van der Waals surface area contributed by atoms with Gasteiger partial charge in [-0.15, -0.1) is 10.2 Å². The monoisotopic (exact) mass is 843 g/mol. The number of methoxy groups -OCH3 is 1. The van der Waals surface area contributed by atoms with E-state index in [1.165, 1.54) is 19.6 Å². The predicted octanol–water partition coefficient (Wildman–Crippen LogP) is 4.94. The Morgan fingerprint density at radius 2 is 1.74 bits per heavy atom. The number of carbonyl (C=O) groups is 2. The van der Waals surface area contributed by atoms with E-state index < -0.39 is 17.8 Å². The van der Waals surface area contributed by atoms with Crippen LogP contribution in [0.25, 0.3) is 16.6 Å². The number of hydrogen-bond donors (Lipinski definition) is 3. The van der Waals surface area contributed by atoms with Crippen LogP contribution in [-0.4, -0.2) is 112 Å². The Labute approximate surface area is 357 Å². The average Bonchev–Trinajstić information content (AvgIpc) is 3.97. The quantitative estimate of drug-likeness (QED) is 0.162. The molecule has 4 saturated heterocycles. The highest BCUT2D eigenvalue weighted by Crippen LogP contribution is 2.36. The molecule has 0 unspecified atom stereocenters. The first-order valence-electron chi connectivity index (χ1n) is 21.6. The molecule has 17 heteroatoms. The molecule has 4 aliphatic rings. The summed E-state index contributed by atoms with van der Waals surface area (Å²) in [5, 5.41) is 22.8. The maximum atomic E-state index is 15.6. The summed E-state index contributed by atoms with van der Waals surface area (Å²) in [5.74, 6) is 2.40. The summed E-state index contributed by atoms with van der Waals surface area (Å²) in [6, 6.07) is 10.4. The van der Waals surface area contributed by atoms with E-state index in [0.29, 0.717) is 22.8 Å². The fourth-order valence-electron chi connectivity index (χ4n) is 9.51. The Bertz CT molecular complexity index is 2590. The van der Waals surface area contributed by atoms with E-state index >= 15 is 4.39 Å². The van der Waals surface area contributed by atoms with Crippen molar-refractivity contribution in [3.8, 4) is 5.75 Å². The van der Waals surface area contributed by atoms with Gasteiger partial charge in [0.1, 0.15) is 46.7 Å². The number of hydrogen-bond acceptors (Lipinski definition) is 12. The average molecular weight is 844 g/mol. The lowest BCUT2D eigenvalue weighted by Gasteiger charge is -2.38. The molecule has 1 atom stereocenters. The molecule has 2 aromatic carbocycles. The van der Waals surface area contributed by atoms with Crippen LogP contribution >= 0.6 is 0 Å². The van der Waals surface area contributed by atoms with Crippen LogP contribution < -0.4 is 30.5 Å². The molecule has 62 heavy (non-hydrogen) atoms. The number of rotatable bonds is 10. The van der Waals surface area contributed by atoms with Crippen molar-refractivity contribution in [2.75, 3.05) is 68.0 Å². The van der Waals surface area contributed by atoms with Gasteiger partial charge in [-0.1, -0.05) is 0 Å². The number of pyridine rings is 1. The van der Waals surface area contributed by atoms with Crippen LogP contribution in [0.4, 0.5) is 21.5 Å². The lowest BCUT2D eigenvalue weighted by Crippen LogP contribution is -2.44. The second kappa shape index (κ2) is 17.8. The summed E-state index contributed by atoms with van der Waals surface area (Å²) in [6.45, 7) is 6.30. The van der Waals surface area contributed by atoms with Gasteiger partial charge in [-0.2, -0.15) is 5.10 Å². The number of fused-ring (bicyclic) bond motifs is 2. The Morgan fingerprint density at radius 3 is 2.50 bits per heavy atom. The van der Waals surface area contributed by atoms with E-state index in [4.69, 9.17) is 9.84 Å². The molecule has 0 bridgehead atoms. The first-order chi connectivity index (χ1) is 30.3. The molecule has 2 amide bonds. The third-order valence-corrected chi connectivity index (χ3v) is 12.9. The van der Waals surface area contributed by atoms with Gasteiger partial charge in [0, 0.05) is 81.8 Å². The second-order valence-electron chi connectivity index (χ2n) is 16.8. The number of nitrogens with one attached hydrogen (secondary N) is 3. The van der Waals surface area contributed by atoms with Crippen LogP contribution in [0.3, 0.4) is 0 Å². The van der Waals surface area contributed by atoms with Gasteiger partial charge >= 0.3 is 0 Å². The fraction of sp³-hybridized carbons (Fsp3) is 0.444. The minimum Gasteiger partial charge on any atom is -0.496 e. The topological polar surface area (TPSA) is 171 Å². The smallest absolute Gasteiger partial charge is 0.259 e. The summed E-state index contributed by atoms with van der Waals surface area (Å²) in [5.41, 5.74) is 4.27. The van der Waals surface area contributed by atoms with Gasteiger partial charge in [-0.25, -0.2) is 14.0 Å². The number of anilines is 3. The highest BCUT2D eigenvalue weighted by molar-refractivity contribution is 6.10. The lowest BCUT2D eigenvalue weighted by atomic mass is 9.94. The van der Waals surface area contributed by atoms with Crippen molar-refractivity contribution in [1.29, 1.82) is 0 Å². The Morgan fingerprint density at radius 1 is 0.935 bits per heavy atom. The third kappa shape index (κ3) is 8.39. The van der Waals surface area contributed by atoms with E-state index in [0.717, 1.165) is 107 Å². The number of aromatic nitrogens is 5. The van der Waals surface area contributed by atoms with Crippen LogP contribution in [-0.2, 0) is 9.59 Å². The summed E-state index contributed by atoms with van der Waals surface area (Å²) in [6.07, 6.45) is 13.4. The molecule has 5 aromatic rings. The summed E-state index contributed by atoms with van der Waals surface area (Å²) in [7, 11) is 1.40. The number of halogens is 1. The number of amides is 2. The largest absolute Gasteiger partial charge is 0.496 e. The maximum absolute atomic E-state index is 15.6. The first-order valence-corrected chi connectivity index (χ1v) is 21.6. The van der Waals surface area contributed by atoms with Crippen LogP contribution in [0.2, 0.25) is 0 Å². The number of benzene rings is 2. The molecule has 0 saturated carbocycles. The van der Waals surface area contributed by atoms with Gasteiger partial charge in [0.2, 0.25) is 0 Å². The summed E-state index contributed by atoms with van der Waals surface area (Å²) >= 11 is 0. The SMILES string of the molecule is COc1cc(N2CCC(CN3CCC(n4cc5cc(NC(=O)c6cccn7cnnc67)c(N6CCCCC6)cc5n4)CC3)CC2)cc(F)c1C(=O)N[C@H]1CCC(=C=O)NC1=C=O. The zero-order valence-corrected chi connectivity index (χ0v) is 34.7. The first kappa shape index (κ1) is 40.8. The number of piperidine rings is 4. The number of nitrogens with zero attached hydrogens (tertiary/aromatic N) is 8. The van der Waals surface area contributed by atoms with Crippen LogP contribution in [0.1, 0.15) is 84.5 Å². The number of carbonyl (C=O) groups excluding carboxylic acids is 4. The minimum absolute atomic E-state index is 0.00196. The van der Waals surface area contributed by atoms with Gasteiger partial charge in [-0.3, -0.25) is 18.7 Å². The van der Waals surface area contributed by atoms with Crippen molar-refractivity contribution in [3.05, 3.63) is 83.5 Å². The fourth-order valence-corrected chi connectivity index (χ4v) is 9.51. The molecule has 0 radical (unpaired) electrons. The number of allylic oxidation sites excluding steroid dienone is 1. The van der Waals surface area contributed by atoms with E-state index in [1.54, 1.807) is 34.7 Å². The Hall–Kier alpha value is -6.54. The van der Waals surface area contributed by atoms with Crippen LogP contribution in [0, 0.1) is 11.7 Å². The Kier molecular flexibility index (Phi) is 11.7. The molecule has 4 fully saturated rings. The van der Waals surface area contributed by atoms with Gasteiger partial charge in [0.05, 0.1) is 41.6 Å². The molecule has 16 nitrogen and oxygen atoms in total. The van der Waals surface area contributed by atoms with E-state index in [-0.39, 0.29) is 47.5 Å². The van der Waals surface area contributed by atoms with Crippen molar-refractivity contribution in [1.82, 2.24) is 39.9 Å². The predicted molar refractivity (Wildman–Crippen MR) is 231 cm³/mol. The standard InChI is InChI=1S/C45H50FN11O5/c1-62-41-22-33(21-35(46)42(41)45(61)49-36-8-7-31(26-58)48-39(36)27-59)54-18-9-29(10-19-54)24-53-16-11-32(12-17-53)57-25-30-20-38(40(23-37(30)52-57)55-13-3-2-4-14-55)50-44(60)34-6-5-15-56-28-47-51-43(34)56/h5-6,15,20-23,25,28-29,32,36,48H,2-4,7-14,16-19,24H2,1H3,(H,49,61)(H,50,60)/t36-/m0/s1. The molecule has 7 heterocycles. The summed E-state index contributed by atoms with van der Waals surface area (Å²) < 4.78 is 25.0. The van der Waals surface area contributed by atoms with Crippen molar-refractivity contribution in [2.45, 2.75) is 69.9 Å². The summed E-state index contributed by atoms with van der Waals surface area (Å²) in [4.78, 5) is 56.4. The third-order valence-electron chi connectivity index (χ3n) is 12.9. The van der Waals surface area contributed by atoms with Crippen molar-refractivity contribution >= 4 is 57.3 Å². The minimum atomic E-state index is -0.751. The highest BCUT2D eigenvalue weighted by atomic mass is 19.1. The van der Waals surface area contributed by atoms with Crippen LogP contribution in [0.5, 0.6) is 5.75 Å². The van der Waals surface area contributed by atoms with Gasteiger partial charge < -0.3 is 35.4 Å².